The van der Waals surface area contributed by atoms with E-state index >= 15 is 0 Å². The molecule has 0 aliphatic heterocycles. The van der Waals surface area contributed by atoms with Crippen LogP contribution >= 0.6 is 0 Å². The van der Waals surface area contributed by atoms with Crippen molar-refractivity contribution < 1.29 is 0 Å². The van der Waals surface area contributed by atoms with E-state index in [9.17, 15) is 0 Å². The number of rotatable bonds is 3. The number of hydrogen-bond acceptors (Lipinski definition) is 5. The number of aromatic amines is 1. The second-order valence-electron chi connectivity index (χ2n) is 4.16. The number of nitrogens with two attached hydrogens (primary N) is 1. The number of imidazole rings is 1. The lowest BCUT2D eigenvalue weighted by Gasteiger charge is -1.97. The van der Waals surface area contributed by atoms with Gasteiger partial charge in [-0.25, -0.2) is 9.97 Å². The summed E-state index contributed by atoms with van der Waals surface area (Å²) in [6.45, 7) is 0.487. The standard InChI is InChI=1S/C13H14N6/c1-15-11-5-4-10-13(18-11)19-12(17-10)9-3-2-8(6-14)7-16-9/h2-5,7H,6,14H2,1H3,(H2,15,17,18,19). The van der Waals surface area contributed by atoms with Crippen LogP contribution < -0.4 is 11.1 Å². The SMILES string of the molecule is CNc1ccc2[nH]c(-c3ccc(CN)cn3)nc2n1. The maximum Gasteiger partial charge on any atom is 0.180 e. The van der Waals surface area contributed by atoms with Crippen LogP contribution in [0.4, 0.5) is 5.82 Å². The molecule has 3 aromatic rings. The highest BCUT2D eigenvalue weighted by molar-refractivity contribution is 5.76. The van der Waals surface area contributed by atoms with Crippen molar-refractivity contribution in [1.82, 2.24) is 19.9 Å². The average Bonchev–Trinajstić information content (AvgIpc) is 2.90. The van der Waals surface area contributed by atoms with Gasteiger partial charge in [0.15, 0.2) is 11.5 Å². The second kappa shape index (κ2) is 4.66. The number of pyridine rings is 2. The third-order valence-corrected chi connectivity index (χ3v) is 2.91. The van der Waals surface area contributed by atoms with Gasteiger partial charge in [-0.2, -0.15) is 0 Å². The zero-order valence-electron chi connectivity index (χ0n) is 10.5. The summed E-state index contributed by atoms with van der Waals surface area (Å²) in [7, 11) is 1.83. The number of H-pyrrole nitrogens is 1. The van der Waals surface area contributed by atoms with Crippen LogP contribution in [0.1, 0.15) is 5.56 Å². The molecule has 3 rings (SSSR count). The smallest absolute Gasteiger partial charge is 0.180 e. The molecule has 3 aromatic heterocycles. The molecule has 0 aliphatic carbocycles. The summed E-state index contributed by atoms with van der Waals surface area (Å²) in [6, 6.07) is 7.69. The van der Waals surface area contributed by atoms with E-state index < -0.39 is 0 Å². The van der Waals surface area contributed by atoms with Gasteiger partial charge in [-0.15, -0.1) is 0 Å². The molecule has 3 heterocycles. The van der Waals surface area contributed by atoms with Crippen molar-refractivity contribution in [2.24, 2.45) is 5.73 Å². The van der Waals surface area contributed by atoms with Gasteiger partial charge < -0.3 is 16.0 Å². The molecule has 0 spiro atoms. The van der Waals surface area contributed by atoms with E-state index in [2.05, 4.69) is 25.3 Å². The Bertz CT molecular complexity index is 701. The van der Waals surface area contributed by atoms with Gasteiger partial charge in [0.05, 0.1) is 5.52 Å². The molecule has 0 aromatic carbocycles. The number of anilines is 1. The Hall–Kier alpha value is -2.47. The Labute approximate surface area is 110 Å². The fourth-order valence-electron chi connectivity index (χ4n) is 1.84. The van der Waals surface area contributed by atoms with Crippen molar-refractivity contribution in [1.29, 1.82) is 0 Å². The van der Waals surface area contributed by atoms with E-state index in [1.165, 1.54) is 0 Å². The van der Waals surface area contributed by atoms with E-state index in [1.54, 1.807) is 6.20 Å². The molecule has 0 aliphatic rings. The zero-order valence-corrected chi connectivity index (χ0v) is 10.5. The van der Waals surface area contributed by atoms with Crippen molar-refractivity contribution in [3.05, 3.63) is 36.0 Å². The third kappa shape index (κ3) is 2.13. The van der Waals surface area contributed by atoms with Gasteiger partial charge in [-0.05, 0) is 23.8 Å². The van der Waals surface area contributed by atoms with Crippen LogP contribution in [0.5, 0.6) is 0 Å². The molecule has 0 unspecified atom stereocenters. The van der Waals surface area contributed by atoms with Gasteiger partial charge in [0.25, 0.3) is 0 Å². The van der Waals surface area contributed by atoms with Crippen molar-refractivity contribution in [2.45, 2.75) is 6.54 Å². The van der Waals surface area contributed by atoms with Gasteiger partial charge in [-0.1, -0.05) is 6.07 Å². The summed E-state index contributed by atoms with van der Waals surface area (Å²) in [5, 5.41) is 2.99. The second-order valence-corrected chi connectivity index (χ2v) is 4.16. The molecule has 0 radical (unpaired) electrons. The lowest BCUT2D eigenvalue weighted by molar-refractivity contribution is 1.05. The minimum absolute atomic E-state index is 0.487. The van der Waals surface area contributed by atoms with Gasteiger partial charge in [0.2, 0.25) is 0 Å². The molecule has 6 nitrogen and oxygen atoms in total. The molecular formula is C13H14N6. The van der Waals surface area contributed by atoms with Crippen molar-refractivity contribution in [3.8, 4) is 11.5 Å². The summed E-state index contributed by atoms with van der Waals surface area (Å²) in [5.74, 6) is 1.50. The van der Waals surface area contributed by atoms with Gasteiger partial charge in [0.1, 0.15) is 11.5 Å². The first-order chi connectivity index (χ1) is 9.30. The van der Waals surface area contributed by atoms with E-state index in [0.29, 0.717) is 18.0 Å². The molecule has 96 valence electrons. The molecule has 4 N–H and O–H groups in total. The monoisotopic (exact) mass is 254 g/mol. The maximum absolute atomic E-state index is 5.55. The van der Waals surface area contributed by atoms with Gasteiger partial charge in [-0.3, -0.25) is 4.98 Å². The molecule has 0 amide bonds. The third-order valence-electron chi connectivity index (χ3n) is 2.91. The Balaban J connectivity index is 2.04. The van der Waals surface area contributed by atoms with Gasteiger partial charge >= 0.3 is 0 Å². The summed E-state index contributed by atoms with van der Waals surface area (Å²) in [4.78, 5) is 16.4. The predicted molar refractivity (Wildman–Crippen MR) is 74.6 cm³/mol. The van der Waals surface area contributed by atoms with Crippen LogP contribution in [-0.4, -0.2) is 27.0 Å². The van der Waals surface area contributed by atoms with Crippen LogP contribution in [0.3, 0.4) is 0 Å². The number of hydrogen-bond donors (Lipinski definition) is 3. The first-order valence-electron chi connectivity index (χ1n) is 6.00. The van der Waals surface area contributed by atoms with Crippen LogP contribution in [0.2, 0.25) is 0 Å². The Morgan fingerprint density at radius 3 is 2.79 bits per heavy atom. The normalized spacial score (nSPS) is 10.8. The predicted octanol–water partition coefficient (Wildman–Crippen LogP) is 1.52. The largest absolute Gasteiger partial charge is 0.373 e. The molecular weight excluding hydrogens is 240 g/mol. The summed E-state index contributed by atoms with van der Waals surface area (Å²) in [6.07, 6.45) is 1.76. The molecule has 0 bridgehead atoms. The van der Waals surface area contributed by atoms with Crippen LogP contribution in [-0.2, 0) is 6.54 Å². The maximum atomic E-state index is 5.55. The van der Waals surface area contributed by atoms with E-state index in [1.807, 2.05) is 31.3 Å². The highest BCUT2D eigenvalue weighted by Crippen LogP contribution is 2.19. The minimum Gasteiger partial charge on any atom is -0.373 e. The molecule has 6 heteroatoms. The Morgan fingerprint density at radius 1 is 1.21 bits per heavy atom. The van der Waals surface area contributed by atoms with Crippen molar-refractivity contribution in [3.63, 3.8) is 0 Å². The van der Waals surface area contributed by atoms with Crippen molar-refractivity contribution >= 4 is 17.0 Å². The fourth-order valence-corrected chi connectivity index (χ4v) is 1.84. The molecule has 0 fully saturated rings. The lowest BCUT2D eigenvalue weighted by Crippen LogP contribution is -1.97. The molecule has 19 heavy (non-hydrogen) atoms. The van der Waals surface area contributed by atoms with Crippen molar-refractivity contribution in [2.75, 3.05) is 12.4 Å². The Morgan fingerprint density at radius 2 is 2.11 bits per heavy atom. The summed E-state index contributed by atoms with van der Waals surface area (Å²) >= 11 is 0. The van der Waals surface area contributed by atoms with Gasteiger partial charge in [0, 0.05) is 19.8 Å². The number of nitrogens with zero attached hydrogens (tertiary/aromatic N) is 3. The minimum atomic E-state index is 0.487. The fraction of sp³-hybridized carbons (Fsp3) is 0.154. The summed E-state index contributed by atoms with van der Waals surface area (Å²) < 4.78 is 0. The van der Waals surface area contributed by atoms with E-state index in [-0.39, 0.29) is 0 Å². The lowest BCUT2D eigenvalue weighted by atomic mass is 10.2. The molecule has 0 atom stereocenters. The number of nitrogens with one attached hydrogen (secondary N) is 2. The average molecular weight is 254 g/mol. The highest BCUT2D eigenvalue weighted by Gasteiger charge is 2.07. The molecule has 0 saturated carbocycles. The first kappa shape index (κ1) is 11.6. The van der Waals surface area contributed by atoms with Crippen LogP contribution in [0, 0.1) is 0 Å². The number of aromatic nitrogens is 4. The first-order valence-corrected chi connectivity index (χ1v) is 6.00. The highest BCUT2D eigenvalue weighted by atomic mass is 15.0. The van der Waals surface area contributed by atoms with E-state index in [4.69, 9.17) is 5.73 Å². The quantitative estimate of drug-likeness (QED) is 0.659. The zero-order chi connectivity index (χ0) is 13.2. The van der Waals surface area contributed by atoms with Crippen LogP contribution in [0.15, 0.2) is 30.5 Å². The topological polar surface area (TPSA) is 92.5 Å². The summed E-state index contributed by atoms with van der Waals surface area (Å²) in [5.41, 5.74) is 8.89. The number of fused-ring (bicyclic) bond motifs is 1. The van der Waals surface area contributed by atoms with E-state index in [0.717, 1.165) is 22.6 Å². The van der Waals surface area contributed by atoms with Crippen LogP contribution in [0.25, 0.3) is 22.7 Å². The molecule has 0 saturated heterocycles. The Kier molecular flexibility index (Phi) is 2.85.